The lowest BCUT2D eigenvalue weighted by molar-refractivity contribution is -0.378. The summed E-state index contributed by atoms with van der Waals surface area (Å²) in [7, 11) is 0. The van der Waals surface area contributed by atoms with Crippen molar-refractivity contribution in [2.75, 3.05) is 0 Å². The van der Waals surface area contributed by atoms with Crippen molar-refractivity contribution in [1.82, 2.24) is 4.90 Å². The van der Waals surface area contributed by atoms with E-state index in [0.29, 0.717) is 4.91 Å². The first-order valence-corrected chi connectivity index (χ1v) is 6.67. The van der Waals surface area contributed by atoms with Crippen molar-refractivity contribution in [3.63, 3.8) is 0 Å². The third-order valence-electron chi connectivity index (χ3n) is 2.59. The summed E-state index contributed by atoms with van der Waals surface area (Å²) in [4.78, 5) is 27.3. The van der Waals surface area contributed by atoms with Crippen molar-refractivity contribution in [2.45, 2.75) is 13.0 Å². The number of carboxylic acid groups (broad SMARTS) is 1. The fraction of sp³-hybridized carbons (Fsp3) is 0.167. The first-order chi connectivity index (χ1) is 9.00. The normalized spacial score (nSPS) is 19.0. The molecule has 1 N–H and O–H groups in total. The monoisotopic (exact) mass is 294 g/mol. The smallest absolute Gasteiger partial charge is 0.266 e. The fourth-order valence-corrected chi connectivity index (χ4v) is 2.99. The second kappa shape index (κ2) is 5.50. The van der Waals surface area contributed by atoms with E-state index in [1.807, 2.05) is 0 Å². The van der Waals surface area contributed by atoms with Crippen molar-refractivity contribution < 1.29 is 19.7 Å². The van der Waals surface area contributed by atoms with Crippen molar-refractivity contribution in [3.8, 4) is 0 Å². The van der Waals surface area contributed by atoms with Gasteiger partial charge in [-0.05, 0) is 18.6 Å². The van der Waals surface area contributed by atoms with Gasteiger partial charge in [0.25, 0.3) is 5.91 Å². The van der Waals surface area contributed by atoms with Gasteiger partial charge in [-0.2, -0.15) is 0 Å². The Balaban J connectivity index is 2.28. The third-order valence-corrected chi connectivity index (χ3v) is 3.92. The van der Waals surface area contributed by atoms with Gasteiger partial charge in [0, 0.05) is 12.1 Å². The van der Waals surface area contributed by atoms with Crippen LogP contribution in [-0.4, -0.2) is 27.1 Å². The fourth-order valence-electron chi connectivity index (χ4n) is 1.57. The van der Waals surface area contributed by atoms with Gasteiger partial charge in [-0.15, -0.1) is 0 Å². The van der Waals surface area contributed by atoms with E-state index in [1.54, 1.807) is 30.6 Å². The molecular formula is C12H10N2O3S2. The number of carbonyl (C=O) groups excluding carboxylic acids is 2. The molecule has 98 valence electrons. The van der Waals surface area contributed by atoms with Gasteiger partial charge in [-0.25, -0.2) is 4.98 Å². The lowest BCUT2D eigenvalue weighted by Gasteiger charge is -2.23. The number of rotatable bonds is 3. The van der Waals surface area contributed by atoms with Crippen molar-refractivity contribution in [2.24, 2.45) is 0 Å². The van der Waals surface area contributed by atoms with Gasteiger partial charge in [-0.1, -0.05) is 24.0 Å². The molecular weight excluding hydrogens is 284 g/mol. The average Bonchev–Trinajstić information content (AvgIpc) is 2.65. The number of carbonyl (C=O) groups is 2. The van der Waals surface area contributed by atoms with E-state index in [9.17, 15) is 14.7 Å². The van der Waals surface area contributed by atoms with Crippen LogP contribution in [-0.2, 0) is 9.59 Å². The summed E-state index contributed by atoms with van der Waals surface area (Å²) in [6.07, 6.45) is 5.14. The Hall–Kier alpha value is -1.73. The van der Waals surface area contributed by atoms with E-state index < -0.39 is 17.9 Å². The topological polar surface area (TPSA) is 74.6 Å². The van der Waals surface area contributed by atoms with Crippen molar-refractivity contribution in [3.05, 3.63) is 35.0 Å². The first kappa shape index (κ1) is 13.7. The number of nitrogens with zero attached hydrogens (tertiary/aromatic N) is 1. The molecule has 7 heteroatoms. The number of hydrogen-bond acceptors (Lipinski definition) is 5. The zero-order valence-electron chi connectivity index (χ0n) is 9.95. The van der Waals surface area contributed by atoms with Gasteiger partial charge in [0.2, 0.25) is 0 Å². The van der Waals surface area contributed by atoms with E-state index in [4.69, 9.17) is 12.2 Å². The minimum atomic E-state index is -1.33. The highest BCUT2D eigenvalue weighted by Crippen LogP contribution is 2.33. The highest BCUT2D eigenvalue weighted by Gasteiger charge is 2.35. The summed E-state index contributed by atoms with van der Waals surface area (Å²) in [6.45, 7) is 1.38. The minimum Gasteiger partial charge on any atom is -0.548 e. The number of pyridine rings is 1. The van der Waals surface area contributed by atoms with Crippen LogP contribution in [0.5, 0.6) is 0 Å². The Morgan fingerprint density at radius 1 is 1.53 bits per heavy atom. The van der Waals surface area contributed by atoms with E-state index in [2.05, 4.69) is 4.98 Å². The van der Waals surface area contributed by atoms with Gasteiger partial charge in [-0.3, -0.25) is 9.69 Å². The number of hydrogen-bond donors (Lipinski definition) is 0. The lowest BCUT2D eigenvalue weighted by Crippen LogP contribution is -2.48. The van der Waals surface area contributed by atoms with Gasteiger partial charge in [0.1, 0.15) is 4.32 Å². The summed E-state index contributed by atoms with van der Waals surface area (Å²) in [5.41, 5.74) is 0.834. The largest absolute Gasteiger partial charge is 0.548 e. The molecule has 5 nitrogen and oxygen atoms in total. The van der Waals surface area contributed by atoms with Crippen molar-refractivity contribution >= 4 is 46.3 Å². The molecule has 1 aliphatic rings. The molecule has 19 heavy (non-hydrogen) atoms. The zero-order valence-corrected chi connectivity index (χ0v) is 11.6. The molecule has 0 saturated carbocycles. The second-order valence-corrected chi connectivity index (χ2v) is 5.56. The Labute approximate surface area is 119 Å². The number of H-pyrrole nitrogens is 1. The van der Waals surface area contributed by atoms with Gasteiger partial charge in [0.15, 0.2) is 12.4 Å². The predicted octanol–water partition coefficient (Wildman–Crippen LogP) is -0.160. The van der Waals surface area contributed by atoms with Crippen LogP contribution in [0.1, 0.15) is 12.5 Å². The number of amides is 1. The first-order valence-electron chi connectivity index (χ1n) is 5.44. The van der Waals surface area contributed by atoms with Crippen LogP contribution >= 0.6 is 24.0 Å². The molecule has 0 spiro atoms. The molecule has 1 aliphatic heterocycles. The van der Waals surface area contributed by atoms with Crippen LogP contribution in [0.15, 0.2) is 29.4 Å². The molecule has 1 fully saturated rings. The second-order valence-electron chi connectivity index (χ2n) is 3.88. The number of aliphatic carboxylic acids is 1. The molecule has 1 amide bonds. The maximum Gasteiger partial charge on any atom is 0.266 e. The standard InChI is InChI=1S/C12H10N2O3S2/c1-7(11(16)17)14-10(15)9(19-12(14)18)6-8-2-4-13-5-3-8/h2-7H,1H3,(H,16,17). The van der Waals surface area contributed by atoms with E-state index >= 15 is 0 Å². The van der Waals surface area contributed by atoms with Crippen LogP contribution < -0.4 is 10.1 Å². The summed E-state index contributed by atoms with van der Waals surface area (Å²) in [5, 5.41) is 10.8. The number of aromatic nitrogens is 1. The van der Waals surface area contributed by atoms with Crippen LogP contribution in [0.3, 0.4) is 0 Å². The van der Waals surface area contributed by atoms with E-state index in [1.165, 1.54) is 6.92 Å². The number of thioether (sulfide) groups is 1. The molecule has 0 radical (unpaired) electrons. The highest BCUT2D eigenvalue weighted by molar-refractivity contribution is 8.26. The van der Waals surface area contributed by atoms with Gasteiger partial charge < -0.3 is 9.90 Å². The maximum absolute atomic E-state index is 12.1. The third kappa shape index (κ3) is 2.82. The average molecular weight is 294 g/mol. The molecule has 2 heterocycles. The van der Waals surface area contributed by atoms with E-state index in [0.717, 1.165) is 22.2 Å². The zero-order chi connectivity index (χ0) is 14.0. The van der Waals surface area contributed by atoms with E-state index in [-0.39, 0.29) is 4.32 Å². The van der Waals surface area contributed by atoms with Crippen LogP contribution in [0.25, 0.3) is 6.08 Å². The molecule has 1 aromatic heterocycles. The maximum atomic E-state index is 12.1. The molecule has 1 aromatic rings. The summed E-state index contributed by atoms with van der Waals surface area (Å²) < 4.78 is 0.232. The molecule has 0 aromatic carbocycles. The Morgan fingerprint density at radius 3 is 2.74 bits per heavy atom. The van der Waals surface area contributed by atoms with Crippen LogP contribution in [0, 0.1) is 0 Å². The molecule has 2 rings (SSSR count). The molecule has 0 aliphatic carbocycles. The molecule has 1 saturated heterocycles. The number of thiocarbonyl (C=S) groups is 1. The quantitative estimate of drug-likeness (QED) is 0.572. The summed E-state index contributed by atoms with van der Waals surface area (Å²) >= 11 is 6.13. The van der Waals surface area contributed by atoms with Crippen LogP contribution in [0.2, 0.25) is 0 Å². The Morgan fingerprint density at radius 2 is 2.16 bits per heavy atom. The lowest BCUT2D eigenvalue weighted by atomic mass is 10.2. The Kier molecular flexibility index (Phi) is 3.96. The molecule has 1 atom stereocenters. The molecule has 0 bridgehead atoms. The summed E-state index contributed by atoms with van der Waals surface area (Å²) in [6, 6.07) is 2.53. The molecule has 1 unspecified atom stereocenters. The van der Waals surface area contributed by atoms with Crippen molar-refractivity contribution in [1.29, 1.82) is 0 Å². The SMILES string of the molecule is CC(C(=O)[O-])N1C(=O)C(=Cc2cc[nH+]cc2)SC1=S. The summed E-state index contributed by atoms with van der Waals surface area (Å²) in [5.74, 6) is -1.73. The van der Waals surface area contributed by atoms with Gasteiger partial charge in [0.05, 0.1) is 16.9 Å². The highest BCUT2D eigenvalue weighted by atomic mass is 32.2. The minimum absolute atomic E-state index is 0.232. The Bertz CT molecular complexity index is 572. The number of aromatic amines is 1. The van der Waals surface area contributed by atoms with Gasteiger partial charge >= 0.3 is 0 Å². The number of nitrogens with one attached hydrogen (secondary N) is 1. The predicted molar refractivity (Wildman–Crippen MR) is 72.5 cm³/mol. The van der Waals surface area contributed by atoms with Crippen LogP contribution in [0.4, 0.5) is 0 Å². The number of carboxylic acids is 1.